The molecule has 2 aromatic carbocycles. The van der Waals surface area contributed by atoms with Crippen LogP contribution in [-0.4, -0.2) is 55.6 Å². The number of nitrogens with zero attached hydrogens (tertiary/aromatic N) is 1. The molecule has 1 unspecified atom stereocenters. The van der Waals surface area contributed by atoms with Gasteiger partial charge in [0.25, 0.3) is 11.8 Å². The molecule has 1 aliphatic heterocycles. The van der Waals surface area contributed by atoms with Gasteiger partial charge in [0.15, 0.2) is 0 Å². The minimum atomic E-state index is -1.15. The summed E-state index contributed by atoms with van der Waals surface area (Å²) in [7, 11) is 3.05. The van der Waals surface area contributed by atoms with Gasteiger partial charge in [-0.1, -0.05) is 30.3 Å². The molecule has 3 amide bonds. The lowest BCUT2D eigenvalue weighted by Gasteiger charge is -2.21. The molecule has 1 aliphatic rings. The van der Waals surface area contributed by atoms with E-state index in [-0.39, 0.29) is 24.7 Å². The Morgan fingerprint density at radius 1 is 1.28 bits per heavy atom. The highest BCUT2D eigenvalue weighted by molar-refractivity contribution is 6.03. The summed E-state index contributed by atoms with van der Waals surface area (Å²) in [5.41, 5.74) is 7.56. The van der Waals surface area contributed by atoms with Crippen molar-refractivity contribution in [3.05, 3.63) is 71.5 Å². The van der Waals surface area contributed by atoms with Gasteiger partial charge >= 0.3 is 0 Å². The standard InChI is InChI=1S/C23H26N4O5/c1-25-21(29)15-8-9-20-19(11-15)27(2)23(31)18(13-32-20)26-22(30)17(24)12-16(28)10-14-6-4-3-5-7-14/h3-9,11-12,17-18,28H,10,13,24H2,1-2H3,(H,25,29)(H,26,30)/b16-12-/t17?,18-/m0/s1. The smallest absolute Gasteiger partial charge is 0.252 e. The molecule has 5 N–H and O–H groups in total. The Hall–Kier alpha value is -3.85. The van der Waals surface area contributed by atoms with Gasteiger partial charge in [-0.25, -0.2) is 0 Å². The number of carbonyl (C=O) groups is 3. The first-order valence-electron chi connectivity index (χ1n) is 10.1. The van der Waals surface area contributed by atoms with E-state index in [1.54, 1.807) is 18.2 Å². The van der Waals surface area contributed by atoms with Gasteiger partial charge in [-0.3, -0.25) is 14.4 Å². The number of aliphatic hydroxyl groups is 1. The van der Waals surface area contributed by atoms with Gasteiger partial charge in [0.2, 0.25) is 5.91 Å². The number of amides is 3. The van der Waals surface area contributed by atoms with Gasteiger partial charge in [-0.2, -0.15) is 0 Å². The van der Waals surface area contributed by atoms with Crippen molar-refractivity contribution in [3.63, 3.8) is 0 Å². The Morgan fingerprint density at radius 2 is 2.00 bits per heavy atom. The van der Waals surface area contributed by atoms with Crippen LogP contribution >= 0.6 is 0 Å². The molecular formula is C23H26N4O5. The number of nitrogens with two attached hydrogens (primary N) is 1. The maximum atomic E-state index is 12.9. The number of likely N-dealkylation sites (N-methyl/N-ethyl adjacent to an activating group) is 1. The summed E-state index contributed by atoms with van der Waals surface area (Å²) in [4.78, 5) is 38.7. The van der Waals surface area contributed by atoms with Gasteiger partial charge in [0, 0.05) is 26.1 Å². The van der Waals surface area contributed by atoms with Crippen LogP contribution in [0.5, 0.6) is 5.75 Å². The van der Waals surface area contributed by atoms with Crippen molar-refractivity contribution < 1.29 is 24.2 Å². The van der Waals surface area contributed by atoms with Crippen molar-refractivity contribution >= 4 is 23.4 Å². The molecule has 1 heterocycles. The zero-order valence-electron chi connectivity index (χ0n) is 17.9. The molecule has 0 bridgehead atoms. The lowest BCUT2D eigenvalue weighted by molar-refractivity contribution is -0.128. The molecule has 2 aromatic rings. The Morgan fingerprint density at radius 3 is 2.69 bits per heavy atom. The molecule has 0 fully saturated rings. The third-order valence-electron chi connectivity index (χ3n) is 5.06. The number of hydrogen-bond acceptors (Lipinski definition) is 6. The zero-order chi connectivity index (χ0) is 23.3. The minimum absolute atomic E-state index is 0.0476. The topological polar surface area (TPSA) is 134 Å². The highest BCUT2D eigenvalue weighted by atomic mass is 16.5. The number of anilines is 1. The van der Waals surface area contributed by atoms with E-state index in [2.05, 4.69) is 10.6 Å². The molecule has 9 nitrogen and oxygen atoms in total. The van der Waals surface area contributed by atoms with Gasteiger partial charge < -0.3 is 31.1 Å². The highest BCUT2D eigenvalue weighted by Crippen LogP contribution is 2.31. The van der Waals surface area contributed by atoms with Crippen LogP contribution in [-0.2, 0) is 16.0 Å². The van der Waals surface area contributed by atoms with E-state index in [1.807, 2.05) is 30.3 Å². The summed E-state index contributed by atoms with van der Waals surface area (Å²) in [6.07, 6.45) is 1.48. The second-order valence-electron chi connectivity index (χ2n) is 7.38. The van der Waals surface area contributed by atoms with Crippen LogP contribution in [0.3, 0.4) is 0 Å². The van der Waals surface area contributed by atoms with E-state index >= 15 is 0 Å². The molecule has 0 aromatic heterocycles. The van der Waals surface area contributed by atoms with Crippen LogP contribution in [0.1, 0.15) is 15.9 Å². The summed E-state index contributed by atoms with van der Waals surface area (Å²) >= 11 is 0. The first-order chi connectivity index (χ1) is 15.3. The first kappa shape index (κ1) is 22.8. The number of carbonyl (C=O) groups excluding carboxylic acids is 3. The van der Waals surface area contributed by atoms with Crippen LogP contribution in [0.25, 0.3) is 0 Å². The second-order valence-corrected chi connectivity index (χ2v) is 7.38. The predicted molar refractivity (Wildman–Crippen MR) is 120 cm³/mol. The number of ether oxygens (including phenoxy) is 1. The zero-order valence-corrected chi connectivity index (χ0v) is 17.9. The van der Waals surface area contributed by atoms with Crippen molar-refractivity contribution in [2.24, 2.45) is 5.73 Å². The summed E-state index contributed by atoms with van der Waals surface area (Å²) in [5.74, 6) is -0.980. The third kappa shape index (κ3) is 5.25. The Labute approximate surface area is 185 Å². The third-order valence-corrected chi connectivity index (χ3v) is 5.06. The van der Waals surface area contributed by atoms with Crippen LogP contribution in [0, 0.1) is 0 Å². The summed E-state index contributed by atoms with van der Waals surface area (Å²) in [5, 5.41) is 15.2. The largest absolute Gasteiger partial charge is 0.512 e. The Kier molecular flexibility index (Phi) is 7.11. The van der Waals surface area contributed by atoms with Crippen molar-refractivity contribution in [1.29, 1.82) is 0 Å². The van der Waals surface area contributed by atoms with Gasteiger partial charge in [-0.15, -0.1) is 0 Å². The predicted octanol–water partition coefficient (Wildman–Crippen LogP) is 0.898. The fourth-order valence-corrected chi connectivity index (χ4v) is 3.30. The quantitative estimate of drug-likeness (QED) is 0.495. The summed E-state index contributed by atoms with van der Waals surface area (Å²) < 4.78 is 5.70. The average molecular weight is 438 g/mol. The molecular weight excluding hydrogens is 412 g/mol. The normalized spacial score (nSPS) is 17.0. The molecule has 0 radical (unpaired) electrons. The number of benzene rings is 2. The second kappa shape index (κ2) is 9.97. The number of nitrogens with one attached hydrogen (secondary N) is 2. The van der Waals surface area contributed by atoms with E-state index in [4.69, 9.17) is 10.5 Å². The van der Waals surface area contributed by atoms with Crippen LogP contribution < -0.4 is 26.0 Å². The molecule has 0 spiro atoms. The van der Waals surface area contributed by atoms with Crippen LogP contribution in [0.2, 0.25) is 0 Å². The number of hydrogen-bond donors (Lipinski definition) is 4. The summed E-state index contributed by atoms with van der Waals surface area (Å²) in [6.45, 7) is -0.104. The SMILES string of the molecule is CNC(=O)c1ccc2c(c1)N(C)C(=O)[C@@H](NC(=O)C(N)/C=C(\O)Cc1ccccc1)CO2. The van der Waals surface area contributed by atoms with Gasteiger partial charge in [-0.05, 0) is 29.8 Å². The Balaban J connectivity index is 1.68. The van der Waals surface area contributed by atoms with E-state index in [0.29, 0.717) is 17.0 Å². The van der Waals surface area contributed by atoms with Gasteiger partial charge in [0.1, 0.15) is 24.4 Å². The van der Waals surface area contributed by atoms with Crippen molar-refractivity contribution in [1.82, 2.24) is 10.6 Å². The first-order valence-corrected chi connectivity index (χ1v) is 10.1. The van der Waals surface area contributed by atoms with Crippen LogP contribution in [0.15, 0.2) is 60.4 Å². The summed E-state index contributed by atoms with van der Waals surface area (Å²) in [6, 6.07) is 11.9. The molecule has 3 rings (SSSR count). The number of allylic oxidation sites excluding steroid dienone is 1. The monoisotopic (exact) mass is 438 g/mol. The molecule has 32 heavy (non-hydrogen) atoms. The molecule has 2 atom stereocenters. The fraction of sp³-hybridized carbons (Fsp3) is 0.261. The molecule has 9 heteroatoms. The minimum Gasteiger partial charge on any atom is -0.512 e. The maximum absolute atomic E-state index is 12.9. The molecule has 0 aliphatic carbocycles. The number of aliphatic hydroxyl groups excluding tert-OH is 1. The van der Waals surface area contributed by atoms with E-state index in [9.17, 15) is 19.5 Å². The fourth-order valence-electron chi connectivity index (χ4n) is 3.30. The molecule has 0 saturated heterocycles. The van der Waals surface area contributed by atoms with E-state index < -0.39 is 23.9 Å². The maximum Gasteiger partial charge on any atom is 0.252 e. The number of fused-ring (bicyclic) bond motifs is 1. The van der Waals surface area contributed by atoms with Crippen molar-refractivity contribution in [2.45, 2.75) is 18.5 Å². The van der Waals surface area contributed by atoms with Crippen molar-refractivity contribution in [2.75, 3.05) is 25.6 Å². The average Bonchev–Trinajstić information content (AvgIpc) is 2.90. The Bertz CT molecular complexity index is 1040. The van der Waals surface area contributed by atoms with E-state index in [0.717, 1.165) is 5.56 Å². The van der Waals surface area contributed by atoms with E-state index in [1.165, 1.54) is 25.1 Å². The number of rotatable bonds is 6. The lowest BCUT2D eigenvalue weighted by atomic mass is 10.1. The van der Waals surface area contributed by atoms with Gasteiger partial charge in [0.05, 0.1) is 11.4 Å². The molecule has 0 saturated carbocycles. The highest BCUT2D eigenvalue weighted by Gasteiger charge is 2.32. The van der Waals surface area contributed by atoms with Crippen molar-refractivity contribution in [3.8, 4) is 5.75 Å². The molecule has 168 valence electrons. The van der Waals surface area contributed by atoms with Crippen LogP contribution in [0.4, 0.5) is 5.69 Å². The lowest BCUT2D eigenvalue weighted by Crippen LogP contribution is -2.53.